The Morgan fingerprint density at radius 3 is 1.72 bits per heavy atom. The van der Waals surface area contributed by atoms with Crippen molar-refractivity contribution in [2.75, 3.05) is 0 Å². The Morgan fingerprint density at radius 1 is 0.391 bits per heavy atom. The van der Waals surface area contributed by atoms with Crippen LogP contribution in [-0.2, 0) is 5.41 Å². The molecule has 0 spiro atoms. The lowest BCUT2D eigenvalue weighted by Crippen LogP contribution is -2.14. The zero-order valence-corrected chi connectivity index (χ0v) is 25.8. The van der Waals surface area contributed by atoms with Crippen LogP contribution in [0.4, 0.5) is 0 Å². The molecule has 0 aromatic heterocycles. The van der Waals surface area contributed by atoms with E-state index >= 15 is 0 Å². The minimum atomic E-state index is -0.0165. The van der Waals surface area contributed by atoms with Gasteiger partial charge in [-0.2, -0.15) is 0 Å². The first-order valence-electron chi connectivity index (χ1n) is 16.1. The van der Waals surface area contributed by atoms with Crippen LogP contribution in [-0.4, -0.2) is 0 Å². The normalized spacial score (nSPS) is 13.8. The molecule has 8 aromatic rings. The van der Waals surface area contributed by atoms with Crippen LogP contribution in [0.2, 0.25) is 0 Å². The molecule has 1 heterocycles. The molecule has 0 saturated heterocycles. The van der Waals surface area contributed by atoms with E-state index in [1.54, 1.807) is 0 Å². The molecule has 0 saturated carbocycles. The van der Waals surface area contributed by atoms with Gasteiger partial charge in [-0.3, -0.25) is 0 Å². The van der Waals surface area contributed by atoms with Crippen molar-refractivity contribution in [3.8, 4) is 56.0 Å². The summed E-state index contributed by atoms with van der Waals surface area (Å²) in [5.74, 6) is 1.83. The summed E-state index contributed by atoms with van der Waals surface area (Å²) in [5, 5.41) is 7.44. The van der Waals surface area contributed by atoms with Gasteiger partial charge in [0, 0.05) is 16.4 Å². The first kappa shape index (κ1) is 25.6. The lowest BCUT2D eigenvalue weighted by atomic mass is 9.81. The maximum absolute atomic E-state index is 6.47. The summed E-state index contributed by atoms with van der Waals surface area (Å²) in [6, 6.07) is 53.4. The molecular weight excluding hydrogens is 556 g/mol. The van der Waals surface area contributed by atoms with E-state index < -0.39 is 0 Å². The molecule has 1 nitrogen and oxygen atoms in total. The van der Waals surface area contributed by atoms with Crippen molar-refractivity contribution in [1.29, 1.82) is 0 Å². The summed E-state index contributed by atoms with van der Waals surface area (Å²) in [4.78, 5) is 0. The van der Waals surface area contributed by atoms with Gasteiger partial charge in [0.1, 0.15) is 11.5 Å². The van der Waals surface area contributed by atoms with Crippen molar-refractivity contribution in [3.05, 3.63) is 157 Å². The highest BCUT2D eigenvalue weighted by Gasteiger charge is 2.35. The Morgan fingerprint density at radius 2 is 0.957 bits per heavy atom. The maximum atomic E-state index is 6.47. The molecule has 0 radical (unpaired) electrons. The number of benzene rings is 8. The van der Waals surface area contributed by atoms with Gasteiger partial charge in [-0.15, -0.1) is 0 Å². The summed E-state index contributed by atoms with van der Waals surface area (Å²) in [6.07, 6.45) is 0. The fourth-order valence-electron chi connectivity index (χ4n) is 8.40. The van der Waals surface area contributed by atoms with Crippen LogP contribution in [0.5, 0.6) is 11.5 Å². The third-order valence-corrected chi connectivity index (χ3v) is 10.5. The third-order valence-electron chi connectivity index (χ3n) is 10.5. The average Bonchev–Trinajstić information content (AvgIpc) is 3.33. The summed E-state index contributed by atoms with van der Waals surface area (Å²) < 4.78 is 6.47. The number of rotatable bonds is 2. The molecule has 1 aliphatic heterocycles. The van der Waals surface area contributed by atoms with E-state index in [1.807, 2.05) is 6.07 Å². The number of fused-ring (bicyclic) bond motifs is 7. The smallest absolute Gasteiger partial charge is 0.135 e. The molecule has 0 fully saturated rings. The Bertz CT molecular complexity index is 2530. The molecular formula is C45H30O. The fourth-order valence-corrected chi connectivity index (χ4v) is 8.40. The summed E-state index contributed by atoms with van der Waals surface area (Å²) in [6.45, 7) is 4.70. The average molecular weight is 587 g/mol. The van der Waals surface area contributed by atoms with Gasteiger partial charge in [0.15, 0.2) is 0 Å². The van der Waals surface area contributed by atoms with Crippen molar-refractivity contribution in [1.82, 2.24) is 0 Å². The van der Waals surface area contributed by atoms with Crippen molar-refractivity contribution in [3.63, 3.8) is 0 Å². The molecule has 0 bridgehead atoms. The molecule has 0 atom stereocenters. The van der Waals surface area contributed by atoms with Crippen molar-refractivity contribution in [2.24, 2.45) is 0 Å². The third kappa shape index (κ3) is 3.35. The molecule has 8 aromatic carbocycles. The van der Waals surface area contributed by atoms with E-state index in [4.69, 9.17) is 4.74 Å². The molecule has 0 unspecified atom stereocenters. The molecule has 2 aliphatic rings. The van der Waals surface area contributed by atoms with Crippen LogP contribution in [0.15, 0.2) is 146 Å². The largest absolute Gasteiger partial charge is 0.456 e. The molecule has 216 valence electrons. The van der Waals surface area contributed by atoms with Crippen LogP contribution in [0.1, 0.15) is 25.0 Å². The number of ether oxygens (including phenoxy) is 1. The summed E-state index contributed by atoms with van der Waals surface area (Å²) in [7, 11) is 0. The second kappa shape index (κ2) is 9.19. The highest BCUT2D eigenvalue weighted by Crippen LogP contribution is 2.53. The lowest BCUT2D eigenvalue weighted by Gasteiger charge is -2.24. The molecule has 10 rings (SSSR count). The highest BCUT2D eigenvalue weighted by atomic mass is 16.5. The molecule has 1 aliphatic carbocycles. The Kier molecular flexibility index (Phi) is 5.12. The van der Waals surface area contributed by atoms with Crippen LogP contribution < -0.4 is 4.74 Å². The molecule has 0 amide bonds. The first-order valence-corrected chi connectivity index (χ1v) is 16.1. The maximum Gasteiger partial charge on any atom is 0.135 e. The quantitative estimate of drug-likeness (QED) is 0.183. The topological polar surface area (TPSA) is 9.23 Å². The van der Waals surface area contributed by atoms with E-state index in [2.05, 4.69) is 153 Å². The van der Waals surface area contributed by atoms with Gasteiger partial charge in [0.05, 0.1) is 0 Å². The predicted molar refractivity (Wildman–Crippen MR) is 193 cm³/mol. The van der Waals surface area contributed by atoms with E-state index in [9.17, 15) is 0 Å². The number of hydrogen-bond acceptors (Lipinski definition) is 1. The predicted octanol–water partition coefficient (Wildman–Crippen LogP) is 12.6. The minimum Gasteiger partial charge on any atom is -0.456 e. The fraction of sp³-hybridized carbons (Fsp3) is 0.0667. The van der Waals surface area contributed by atoms with Crippen LogP contribution in [0.3, 0.4) is 0 Å². The Hall–Kier alpha value is -5.66. The van der Waals surface area contributed by atoms with Gasteiger partial charge in [-0.05, 0) is 95.2 Å². The van der Waals surface area contributed by atoms with E-state index in [-0.39, 0.29) is 5.41 Å². The van der Waals surface area contributed by atoms with Crippen LogP contribution >= 0.6 is 0 Å². The molecule has 46 heavy (non-hydrogen) atoms. The van der Waals surface area contributed by atoms with Gasteiger partial charge in [-0.1, -0.05) is 141 Å². The van der Waals surface area contributed by atoms with Crippen LogP contribution in [0.25, 0.3) is 76.8 Å². The highest BCUT2D eigenvalue weighted by molar-refractivity contribution is 6.24. The Labute approximate surface area is 268 Å². The summed E-state index contributed by atoms with van der Waals surface area (Å²) >= 11 is 0. The van der Waals surface area contributed by atoms with Gasteiger partial charge in [0.25, 0.3) is 0 Å². The SMILES string of the molecule is CC1(C)c2ccccc2-c2cc(-c3c4ccccc4c(-c4ccc5c6c(cccc46)Oc4ccccc4-5)c4ccccc34)ccc21. The number of hydrogen-bond donors (Lipinski definition) is 0. The number of para-hydroxylation sites is 1. The van der Waals surface area contributed by atoms with E-state index in [0.717, 1.165) is 17.1 Å². The second-order valence-electron chi connectivity index (χ2n) is 13.2. The molecule has 0 N–H and O–H groups in total. The Balaban J connectivity index is 1.28. The van der Waals surface area contributed by atoms with Gasteiger partial charge in [0.2, 0.25) is 0 Å². The van der Waals surface area contributed by atoms with Crippen molar-refractivity contribution >= 4 is 32.3 Å². The standard InChI is InChI=1S/C45H30O/c1-45(2)38-19-9-7-12-28(38)37-26-27(22-25-39(37)45)42-30-14-3-5-16-32(30)43(33-17-6-4-15-31(33)42)36-24-23-35-29-13-8-10-20-40(29)46-41-21-11-18-34(36)44(35)41/h3-26H,1-2H3. The zero-order chi connectivity index (χ0) is 30.6. The van der Waals surface area contributed by atoms with E-state index in [0.29, 0.717) is 0 Å². The van der Waals surface area contributed by atoms with Crippen molar-refractivity contribution < 1.29 is 4.74 Å². The molecule has 1 heteroatoms. The first-order chi connectivity index (χ1) is 22.6. The second-order valence-corrected chi connectivity index (χ2v) is 13.2. The van der Waals surface area contributed by atoms with E-state index in [1.165, 1.54) is 82.4 Å². The summed E-state index contributed by atoms with van der Waals surface area (Å²) in [5.41, 5.74) is 12.9. The zero-order valence-electron chi connectivity index (χ0n) is 25.8. The van der Waals surface area contributed by atoms with Gasteiger partial charge >= 0.3 is 0 Å². The monoisotopic (exact) mass is 586 g/mol. The van der Waals surface area contributed by atoms with Gasteiger partial charge in [-0.25, -0.2) is 0 Å². The lowest BCUT2D eigenvalue weighted by molar-refractivity contribution is 0.487. The van der Waals surface area contributed by atoms with Gasteiger partial charge < -0.3 is 4.74 Å². The van der Waals surface area contributed by atoms with Crippen LogP contribution in [0, 0.1) is 0 Å². The van der Waals surface area contributed by atoms with Crippen molar-refractivity contribution in [2.45, 2.75) is 19.3 Å². The minimum absolute atomic E-state index is 0.0165.